The number of ether oxygens (including phenoxy) is 1. The van der Waals surface area contributed by atoms with Crippen molar-refractivity contribution in [2.45, 2.75) is 32.7 Å². The Kier molecular flexibility index (Phi) is 6.53. The van der Waals surface area contributed by atoms with Crippen molar-refractivity contribution in [3.05, 3.63) is 35.2 Å². The number of amides is 1. The predicted molar refractivity (Wildman–Crippen MR) is 122 cm³/mol. The molecule has 4 rings (SSSR count). The fourth-order valence-electron chi connectivity index (χ4n) is 4.00. The normalized spacial score (nSPS) is 18.8. The summed E-state index contributed by atoms with van der Waals surface area (Å²) in [5.74, 6) is 0.480. The number of anilines is 4. The number of benzene rings is 1. The highest BCUT2D eigenvalue weighted by molar-refractivity contribution is 5.96. The van der Waals surface area contributed by atoms with Gasteiger partial charge in [-0.25, -0.2) is 9.97 Å². The van der Waals surface area contributed by atoms with Gasteiger partial charge in [0.25, 0.3) is 5.91 Å². The summed E-state index contributed by atoms with van der Waals surface area (Å²) in [4.78, 5) is 23.7. The molecule has 0 aliphatic carbocycles. The summed E-state index contributed by atoms with van der Waals surface area (Å²) in [6.45, 7) is 9.14. The summed E-state index contributed by atoms with van der Waals surface area (Å²) in [6, 6.07) is 6.51. The Morgan fingerprint density at radius 3 is 2.74 bits per heavy atom. The van der Waals surface area contributed by atoms with Gasteiger partial charge in [0, 0.05) is 37.1 Å². The lowest BCUT2D eigenvalue weighted by Crippen LogP contribution is -2.36. The molecule has 31 heavy (non-hydrogen) atoms. The molecule has 0 bridgehead atoms. The summed E-state index contributed by atoms with van der Waals surface area (Å²) in [6.07, 6.45) is 1.68. The van der Waals surface area contributed by atoms with Gasteiger partial charge >= 0.3 is 0 Å². The lowest BCUT2D eigenvalue weighted by Gasteiger charge is -2.29. The number of hydrogen-bond acceptors (Lipinski definition) is 8. The van der Waals surface area contributed by atoms with E-state index < -0.39 is 5.91 Å². The summed E-state index contributed by atoms with van der Waals surface area (Å²) in [5.41, 5.74) is 9.61. The molecule has 0 saturated carbocycles. The van der Waals surface area contributed by atoms with Crippen LogP contribution in [0.3, 0.4) is 0 Å². The molecule has 0 spiro atoms. The van der Waals surface area contributed by atoms with Gasteiger partial charge in [0.2, 0.25) is 0 Å². The zero-order chi connectivity index (χ0) is 21.8. The Morgan fingerprint density at radius 1 is 1.29 bits per heavy atom. The van der Waals surface area contributed by atoms with Crippen LogP contribution in [0, 0.1) is 6.92 Å². The molecule has 1 aromatic carbocycles. The zero-order valence-electron chi connectivity index (χ0n) is 18.2. The number of aryl methyl sites for hydroxylation is 2. The minimum absolute atomic E-state index is 0.156. The number of nitrogens with one attached hydrogen (secondary N) is 3. The second kappa shape index (κ2) is 9.49. The van der Waals surface area contributed by atoms with Crippen LogP contribution in [0.15, 0.2) is 18.2 Å². The maximum absolute atomic E-state index is 12.1. The maximum atomic E-state index is 12.1. The summed E-state index contributed by atoms with van der Waals surface area (Å²) in [7, 11) is 0. The molecule has 1 aromatic heterocycles. The molecule has 2 aliphatic rings. The molecule has 9 nitrogen and oxygen atoms in total. The predicted octanol–water partition coefficient (Wildman–Crippen LogP) is 1.80. The Hall–Kier alpha value is -2.91. The van der Waals surface area contributed by atoms with Crippen LogP contribution >= 0.6 is 0 Å². The van der Waals surface area contributed by atoms with E-state index in [1.165, 1.54) is 0 Å². The molecule has 5 N–H and O–H groups in total. The van der Waals surface area contributed by atoms with E-state index >= 15 is 0 Å². The number of carbonyl (C=O) groups is 1. The van der Waals surface area contributed by atoms with Gasteiger partial charge in [-0.1, -0.05) is 6.92 Å². The standard InChI is InChI=1S/C22H31N7O2/c1-3-17-21(25-15-6-7-24-13-15)28-22(19(26-17)20(23)30)27-18-5-4-16(12-14(18)2)29-8-10-31-11-9-29/h4-5,12,15,24H,3,6-11,13H2,1-2H3,(H2,23,30)(H2,25,27,28)/t15-/m1/s1. The van der Waals surface area contributed by atoms with Crippen LogP contribution in [0.5, 0.6) is 0 Å². The van der Waals surface area contributed by atoms with E-state index in [1.807, 2.05) is 19.9 Å². The van der Waals surface area contributed by atoms with Crippen LogP contribution in [0.1, 0.15) is 35.1 Å². The average molecular weight is 426 g/mol. The Balaban J connectivity index is 1.62. The first-order valence-corrected chi connectivity index (χ1v) is 10.9. The van der Waals surface area contributed by atoms with Gasteiger partial charge in [0.05, 0.1) is 18.9 Å². The van der Waals surface area contributed by atoms with Crippen molar-refractivity contribution in [2.24, 2.45) is 5.73 Å². The maximum Gasteiger partial charge on any atom is 0.271 e. The van der Waals surface area contributed by atoms with Crippen molar-refractivity contribution >= 4 is 28.9 Å². The first-order valence-electron chi connectivity index (χ1n) is 10.9. The average Bonchev–Trinajstić information content (AvgIpc) is 3.29. The molecule has 9 heteroatoms. The molecule has 0 radical (unpaired) electrons. The number of morpholine rings is 1. The number of nitrogens with zero attached hydrogens (tertiary/aromatic N) is 3. The van der Waals surface area contributed by atoms with E-state index in [1.54, 1.807) is 0 Å². The highest BCUT2D eigenvalue weighted by atomic mass is 16.5. The van der Waals surface area contributed by atoms with E-state index in [0.717, 1.165) is 68.4 Å². The highest BCUT2D eigenvalue weighted by Gasteiger charge is 2.21. The molecule has 2 aliphatic heterocycles. The largest absolute Gasteiger partial charge is 0.378 e. The number of carbonyl (C=O) groups excluding carboxylic acids is 1. The van der Waals surface area contributed by atoms with Crippen molar-refractivity contribution in [2.75, 3.05) is 54.9 Å². The fourth-order valence-corrected chi connectivity index (χ4v) is 4.00. The number of hydrogen-bond donors (Lipinski definition) is 4. The van der Waals surface area contributed by atoms with Crippen molar-refractivity contribution in [1.82, 2.24) is 15.3 Å². The van der Waals surface area contributed by atoms with Crippen LogP contribution in [0.4, 0.5) is 23.0 Å². The van der Waals surface area contributed by atoms with Crippen LogP contribution < -0.4 is 26.6 Å². The second-order valence-electron chi connectivity index (χ2n) is 7.99. The molecule has 3 heterocycles. The molecular formula is C22H31N7O2. The van der Waals surface area contributed by atoms with Gasteiger partial charge in [-0.15, -0.1) is 0 Å². The molecule has 1 amide bonds. The van der Waals surface area contributed by atoms with E-state index in [-0.39, 0.29) is 5.69 Å². The van der Waals surface area contributed by atoms with Crippen LogP contribution in [0.25, 0.3) is 0 Å². The SMILES string of the molecule is CCc1nc(C(N)=O)c(Nc2ccc(N3CCOCC3)cc2C)nc1N[C@@H]1CCNC1. The van der Waals surface area contributed by atoms with Crippen LogP contribution in [0.2, 0.25) is 0 Å². The number of primary amides is 1. The Morgan fingerprint density at radius 2 is 2.10 bits per heavy atom. The first-order chi connectivity index (χ1) is 15.0. The van der Waals surface area contributed by atoms with Gasteiger partial charge in [-0.3, -0.25) is 4.79 Å². The fraction of sp³-hybridized carbons (Fsp3) is 0.500. The monoisotopic (exact) mass is 425 g/mol. The Bertz CT molecular complexity index is 938. The second-order valence-corrected chi connectivity index (χ2v) is 7.99. The number of rotatable bonds is 7. The van der Waals surface area contributed by atoms with Crippen LogP contribution in [-0.4, -0.2) is 61.3 Å². The first kappa shape index (κ1) is 21.3. The van der Waals surface area contributed by atoms with E-state index in [4.69, 9.17) is 15.5 Å². The van der Waals surface area contributed by atoms with Crippen molar-refractivity contribution in [3.8, 4) is 0 Å². The molecule has 0 unspecified atom stereocenters. The van der Waals surface area contributed by atoms with Crippen molar-refractivity contribution in [3.63, 3.8) is 0 Å². The third kappa shape index (κ3) is 4.88. The minimum atomic E-state index is -0.596. The van der Waals surface area contributed by atoms with E-state index in [2.05, 4.69) is 38.0 Å². The molecule has 1 atom stereocenters. The van der Waals surface area contributed by atoms with E-state index in [0.29, 0.717) is 24.1 Å². The summed E-state index contributed by atoms with van der Waals surface area (Å²) in [5, 5.41) is 10.1. The smallest absolute Gasteiger partial charge is 0.271 e. The van der Waals surface area contributed by atoms with Gasteiger partial charge in [-0.2, -0.15) is 0 Å². The lowest BCUT2D eigenvalue weighted by atomic mass is 10.1. The molecule has 2 saturated heterocycles. The van der Waals surface area contributed by atoms with Gasteiger partial charge in [0.1, 0.15) is 0 Å². The number of nitrogens with two attached hydrogens (primary N) is 1. The van der Waals surface area contributed by atoms with Crippen LogP contribution in [-0.2, 0) is 11.2 Å². The number of aromatic nitrogens is 2. The quantitative estimate of drug-likeness (QED) is 0.531. The lowest BCUT2D eigenvalue weighted by molar-refractivity contribution is 0.0996. The minimum Gasteiger partial charge on any atom is -0.378 e. The zero-order valence-corrected chi connectivity index (χ0v) is 18.2. The third-order valence-corrected chi connectivity index (χ3v) is 5.78. The van der Waals surface area contributed by atoms with Gasteiger partial charge in [0.15, 0.2) is 17.3 Å². The molecule has 2 fully saturated rings. The third-order valence-electron chi connectivity index (χ3n) is 5.78. The van der Waals surface area contributed by atoms with Gasteiger partial charge < -0.3 is 31.3 Å². The topological polar surface area (TPSA) is 117 Å². The highest BCUT2D eigenvalue weighted by Crippen LogP contribution is 2.28. The molecular weight excluding hydrogens is 394 g/mol. The van der Waals surface area contributed by atoms with E-state index in [9.17, 15) is 4.79 Å². The summed E-state index contributed by atoms with van der Waals surface area (Å²) < 4.78 is 5.44. The molecule has 166 valence electrons. The Labute approximate surface area is 182 Å². The summed E-state index contributed by atoms with van der Waals surface area (Å²) >= 11 is 0. The van der Waals surface area contributed by atoms with Gasteiger partial charge in [-0.05, 0) is 50.1 Å². The van der Waals surface area contributed by atoms with Crippen molar-refractivity contribution in [1.29, 1.82) is 0 Å². The molecule has 2 aromatic rings. The van der Waals surface area contributed by atoms with Crippen molar-refractivity contribution < 1.29 is 9.53 Å².